The van der Waals surface area contributed by atoms with Gasteiger partial charge in [-0.15, -0.1) is 0 Å². The molecular weight excluding hydrogens is 152 g/mol. The van der Waals surface area contributed by atoms with Crippen LogP contribution in [0.5, 0.6) is 0 Å². The zero-order valence-corrected chi connectivity index (χ0v) is 6.61. The van der Waals surface area contributed by atoms with Gasteiger partial charge in [0.15, 0.2) is 5.82 Å². The average molecular weight is 160 g/mol. The van der Waals surface area contributed by atoms with E-state index in [1.165, 1.54) is 0 Å². The fraction of sp³-hybridized carbons (Fsp3) is 0.600. The Kier molecular flexibility index (Phi) is 1.60. The zero-order chi connectivity index (χ0) is 7.78. The summed E-state index contributed by atoms with van der Waals surface area (Å²) in [6, 6.07) is 0. The fourth-order valence-corrected chi connectivity index (χ4v) is 0.586. The highest BCUT2D eigenvalue weighted by atomic mass is 32.1. The summed E-state index contributed by atoms with van der Waals surface area (Å²) in [5.74, 6) is -0.169. The molecule has 0 aliphatic rings. The van der Waals surface area contributed by atoms with E-state index in [-0.39, 0.29) is 0 Å². The molecule has 1 aromatic heterocycles. The van der Waals surface area contributed by atoms with Crippen LogP contribution >= 0.6 is 12.6 Å². The summed E-state index contributed by atoms with van der Waals surface area (Å²) in [5, 5.41) is 2.37. The van der Waals surface area contributed by atoms with Gasteiger partial charge in [0.25, 0.3) is 0 Å². The predicted molar refractivity (Wildman–Crippen MR) is 39.1 cm³/mol. The summed E-state index contributed by atoms with van der Waals surface area (Å²) in [5.41, 5.74) is 0. The molecule has 0 aliphatic carbocycles. The Hall–Kier alpha value is -0.710. The Morgan fingerprint density at radius 2 is 2.30 bits per heavy atom. The van der Waals surface area contributed by atoms with Crippen LogP contribution in [0.1, 0.15) is 19.7 Å². The highest BCUT2D eigenvalue weighted by molar-refractivity contribution is 7.81. The summed E-state index contributed by atoms with van der Waals surface area (Å²) in [6.45, 7) is 3.62. The zero-order valence-electron chi connectivity index (χ0n) is 5.71. The van der Waals surface area contributed by atoms with E-state index in [1.54, 1.807) is 0 Å². The van der Waals surface area contributed by atoms with Gasteiger partial charge < -0.3 is 4.52 Å². The molecule has 10 heavy (non-hydrogen) atoms. The van der Waals surface area contributed by atoms with Gasteiger partial charge in [0.1, 0.15) is 0 Å². The third-order valence-corrected chi connectivity index (χ3v) is 1.23. The van der Waals surface area contributed by atoms with Crippen molar-refractivity contribution in [2.75, 3.05) is 0 Å². The predicted octanol–water partition coefficient (Wildman–Crippen LogP) is 0.528. The number of thiol groups is 1. The monoisotopic (exact) mass is 160 g/mol. The smallest absolute Gasteiger partial charge is 0.321 e. The van der Waals surface area contributed by atoms with Crippen molar-refractivity contribution in [3.8, 4) is 0 Å². The molecule has 0 bridgehead atoms. The molecule has 0 aliphatic heterocycles. The van der Waals surface area contributed by atoms with E-state index in [2.05, 4.69) is 27.3 Å². The highest BCUT2D eigenvalue weighted by Gasteiger charge is 2.19. The van der Waals surface area contributed by atoms with E-state index in [0.29, 0.717) is 5.82 Å². The third kappa shape index (κ3) is 1.41. The van der Waals surface area contributed by atoms with Crippen molar-refractivity contribution in [1.82, 2.24) is 10.1 Å². The van der Waals surface area contributed by atoms with E-state index < -0.39 is 10.5 Å². The molecule has 0 unspecified atom stereocenters. The van der Waals surface area contributed by atoms with Crippen molar-refractivity contribution in [1.29, 1.82) is 0 Å². The van der Waals surface area contributed by atoms with Gasteiger partial charge in [0.05, 0.1) is 4.75 Å². The van der Waals surface area contributed by atoms with Crippen molar-refractivity contribution in [2.24, 2.45) is 0 Å². The van der Waals surface area contributed by atoms with Crippen LogP contribution in [0.2, 0.25) is 0 Å². The van der Waals surface area contributed by atoms with Crippen LogP contribution in [0.15, 0.2) is 9.32 Å². The molecule has 0 atom stereocenters. The second-order valence-corrected chi connectivity index (χ2v) is 3.61. The van der Waals surface area contributed by atoms with Gasteiger partial charge in [0.2, 0.25) is 0 Å². The lowest BCUT2D eigenvalue weighted by Gasteiger charge is -2.10. The Bertz CT molecular complexity index is 270. The molecule has 0 radical (unpaired) electrons. The largest absolute Gasteiger partial charge is 0.459 e. The number of hydrogen-bond donors (Lipinski definition) is 2. The van der Waals surface area contributed by atoms with E-state index in [4.69, 9.17) is 0 Å². The second-order valence-electron chi connectivity index (χ2n) is 2.49. The molecule has 1 aromatic rings. The van der Waals surface area contributed by atoms with Gasteiger partial charge in [-0.1, -0.05) is 0 Å². The van der Waals surface area contributed by atoms with Crippen LogP contribution in [-0.4, -0.2) is 10.1 Å². The van der Waals surface area contributed by atoms with Crippen LogP contribution < -0.4 is 5.76 Å². The minimum absolute atomic E-state index is 0.445. The lowest BCUT2D eigenvalue weighted by molar-refractivity contribution is 0.377. The lowest BCUT2D eigenvalue weighted by atomic mass is 10.2. The van der Waals surface area contributed by atoms with Crippen LogP contribution in [0, 0.1) is 0 Å². The molecule has 0 spiro atoms. The first-order chi connectivity index (χ1) is 4.50. The number of nitrogens with zero attached hydrogens (tertiary/aromatic N) is 1. The molecule has 0 saturated heterocycles. The number of nitrogens with one attached hydrogen (secondary N) is 1. The number of hydrogen-bond acceptors (Lipinski definition) is 4. The molecule has 0 amide bonds. The van der Waals surface area contributed by atoms with Crippen molar-refractivity contribution in [3.63, 3.8) is 0 Å². The van der Waals surface area contributed by atoms with Crippen LogP contribution in [0.4, 0.5) is 0 Å². The summed E-state index contributed by atoms with van der Waals surface area (Å²) in [4.78, 5) is 13.9. The quantitative estimate of drug-likeness (QED) is 0.589. The minimum Gasteiger partial charge on any atom is -0.321 e. The van der Waals surface area contributed by atoms with Crippen LogP contribution in [-0.2, 0) is 4.75 Å². The summed E-state index contributed by atoms with van der Waals surface area (Å²) < 4.78 is 3.90. The van der Waals surface area contributed by atoms with Crippen molar-refractivity contribution >= 4 is 12.6 Å². The molecule has 56 valence electrons. The lowest BCUT2D eigenvalue weighted by Crippen LogP contribution is -2.11. The molecule has 4 nitrogen and oxygen atoms in total. The van der Waals surface area contributed by atoms with Gasteiger partial charge in [-0.3, -0.25) is 0 Å². The Labute approximate surface area is 63.0 Å². The molecule has 0 fully saturated rings. The summed E-state index contributed by atoms with van der Waals surface area (Å²) in [6.07, 6.45) is 0. The normalized spacial score (nSPS) is 11.9. The molecule has 1 heterocycles. The SMILES string of the molecule is CC(C)(S)c1nc(=O)o[nH]1. The maximum absolute atomic E-state index is 10.4. The summed E-state index contributed by atoms with van der Waals surface area (Å²) in [7, 11) is 0. The van der Waals surface area contributed by atoms with Crippen LogP contribution in [0.25, 0.3) is 0 Å². The van der Waals surface area contributed by atoms with Gasteiger partial charge in [-0.25, -0.2) is 9.95 Å². The first-order valence-corrected chi connectivity index (χ1v) is 3.23. The van der Waals surface area contributed by atoms with Crippen molar-refractivity contribution < 1.29 is 4.52 Å². The highest BCUT2D eigenvalue weighted by Crippen LogP contribution is 2.21. The van der Waals surface area contributed by atoms with Crippen molar-refractivity contribution in [3.05, 3.63) is 16.4 Å². The number of rotatable bonds is 1. The Balaban J connectivity index is 3.07. The number of aromatic amines is 1. The molecule has 5 heteroatoms. The fourth-order valence-electron chi connectivity index (χ4n) is 0.491. The van der Waals surface area contributed by atoms with Gasteiger partial charge in [0, 0.05) is 0 Å². The molecule has 1 N–H and O–H groups in total. The topological polar surface area (TPSA) is 58.9 Å². The third-order valence-electron chi connectivity index (χ3n) is 1.02. The molecular formula is C5H8N2O2S. The number of H-pyrrole nitrogens is 1. The van der Waals surface area contributed by atoms with E-state index in [9.17, 15) is 4.79 Å². The number of aromatic nitrogens is 2. The maximum atomic E-state index is 10.4. The first-order valence-electron chi connectivity index (χ1n) is 2.78. The van der Waals surface area contributed by atoms with Crippen LogP contribution in [0.3, 0.4) is 0 Å². The maximum Gasteiger partial charge on any atom is 0.459 e. The standard InChI is InChI=1S/C5H8N2O2S/c1-5(2,10)3-6-4(8)9-7-3/h10H,1-2H3,(H,6,7,8). The second kappa shape index (κ2) is 2.16. The average Bonchev–Trinajstić information content (AvgIpc) is 2.11. The van der Waals surface area contributed by atoms with E-state index in [0.717, 1.165) is 0 Å². The molecule has 0 saturated carbocycles. The summed E-state index contributed by atoms with van der Waals surface area (Å²) >= 11 is 4.16. The van der Waals surface area contributed by atoms with E-state index >= 15 is 0 Å². The van der Waals surface area contributed by atoms with Gasteiger partial charge in [-0.05, 0) is 13.8 Å². The molecule has 0 aromatic carbocycles. The van der Waals surface area contributed by atoms with Gasteiger partial charge in [-0.2, -0.15) is 17.6 Å². The van der Waals surface area contributed by atoms with Crippen molar-refractivity contribution in [2.45, 2.75) is 18.6 Å². The van der Waals surface area contributed by atoms with E-state index in [1.807, 2.05) is 13.8 Å². The Morgan fingerprint density at radius 1 is 1.70 bits per heavy atom. The molecule has 1 rings (SSSR count). The Morgan fingerprint density at radius 3 is 2.50 bits per heavy atom. The minimum atomic E-state index is -0.614. The first kappa shape index (κ1) is 7.40. The van der Waals surface area contributed by atoms with Gasteiger partial charge >= 0.3 is 5.76 Å².